The number of nitrogens with two attached hydrogens (primary N) is 1. The summed E-state index contributed by atoms with van der Waals surface area (Å²) in [4.78, 5) is 20.4. The van der Waals surface area contributed by atoms with E-state index in [4.69, 9.17) is 10.5 Å². The van der Waals surface area contributed by atoms with Gasteiger partial charge in [-0.1, -0.05) is 0 Å². The average Bonchev–Trinajstić information content (AvgIpc) is 2.54. The molecule has 1 amide bonds. The van der Waals surface area contributed by atoms with E-state index in [1.165, 1.54) is 19.4 Å². The number of anilines is 3. The van der Waals surface area contributed by atoms with Gasteiger partial charge in [0.15, 0.2) is 9.84 Å². The van der Waals surface area contributed by atoms with Gasteiger partial charge in [-0.3, -0.25) is 4.79 Å². The second-order valence-electron chi connectivity index (χ2n) is 5.62. The summed E-state index contributed by atoms with van der Waals surface area (Å²) in [6, 6.07) is 4.78. The lowest BCUT2D eigenvalue weighted by atomic mass is 10.2. The fourth-order valence-electron chi connectivity index (χ4n) is 2.26. The van der Waals surface area contributed by atoms with E-state index < -0.39 is 9.84 Å². The van der Waals surface area contributed by atoms with Gasteiger partial charge in [-0.05, 0) is 30.7 Å². The quantitative estimate of drug-likeness (QED) is 0.603. The van der Waals surface area contributed by atoms with Gasteiger partial charge in [0.1, 0.15) is 5.82 Å². The Morgan fingerprint density at radius 2 is 2.08 bits per heavy atom. The smallest absolute Gasteiger partial charge is 0.256 e. The molecule has 0 saturated carbocycles. The summed E-state index contributed by atoms with van der Waals surface area (Å²) < 4.78 is 28.2. The fourth-order valence-corrected chi connectivity index (χ4v) is 3.22. The van der Waals surface area contributed by atoms with Crippen LogP contribution < -0.4 is 16.4 Å². The molecule has 2 aromatic rings. The van der Waals surface area contributed by atoms with Crippen molar-refractivity contribution in [1.82, 2.24) is 15.3 Å². The third-order valence-electron chi connectivity index (χ3n) is 3.49. The number of hydrogen-bond donors (Lipinski definition) is 3. The molecule has 0 atom stereocenters. The first-order valence-electron chi connectivity index (χ1n) is 7.69. The Kier molecular flexibility index (Phi) is 6.11. The van der Waals surface area contributed by atoms with Gasteiger partial charge in [0.25, 0.3) is 5.91 Å². The van der Waals surface area contributed by atoms with Gasteiger partial charge in [-0.2, -0.15) is 4.98 Å². The molecule has 4 N–H and O–H groups in total. The maximum absolute atomic E-state index is 12.0. The topological polar surface area (TPSA) is 136 Å². The van der Waals surface area contributed by atoms with Crippen LogP contribution in [0.5, 0.6) is 0 Å². The van der Waals surface area contributed by atoms with Crippen molar-refractivity contribution in [2.45, 2.75) is 11.8 Å². The van der Waals surface area contributed by atoms with Gasteiger partial charge in [0, 0.05) is 31.8 Å². The van der Waals surface area contributed by atoms with Crippen LogP contribution in [0.4, 0.5) is 17.5 Å². The molecule has 0 bridgehead atoms. The Morgan fingerprint density at radius 3 is 2.65 bits per heavy atom. The van der Waals surface area contributed by atoms with E-state index in [0.717, 1.165) is 6.26 Å². The van der Waals surface area contributed by atoms with Gasteiger partial charge in [0.05, 0.1) is 17.1 Å². The number of benzene rings is 1. The first-order chi connectivity index (χ1) is 12.2. The maximum Gasteiger partial charge on any atom is 0.256 e. The number of hydrogen-bond acceptors (Lipinski definition) is 8. The first-order valence-corrected chi connectivity index (χ1v) is 9.59. The minimum Gasteiger partial charge on any atom is -0.383 e. The maximum atomic E-state index is 12.0. The van der Waals surface area contributed by atoms with E-state index in [9.17, 15) is 13.2 Å². The van der Waals surface area contributed by atoms with Crippen LogP contribution >= 0.6 is 0 Å². The molecular weight excluding hydrogens is 358 g/mol. The molecule has 9 nitrogen and oxygen atoms in total. The Morgan fingerprint density at radius 1 is 1.35 bits per heavy atom. The van der Waals surface area contributed by atoms with E-state index in [1.807, 2.05) is 0 Å². The monoisotopic (exact) mass is 379 g/mol. The van der Waals surface area contributed by atoms with Crippen LogP contribution in [-0.2, 0) is 14.6 Å². The van der Waals surface area contributed by atoms with E-state index >= 15 is 0 Å². The molecule has 0 aliphatic rings. The lowest BCUT2D eigenvalue weighted by Crippen LogP contribution is -2.28. The van der Waals surface area contributed by atoms with Gasteiger partial charge >= 0.3 is 0 Å². The molecule has 0 unspecified atom stereocenters. The zero-order valence-electron chi connectivity index (χ0n) is 14.7. The van der Waals surface area contributed by atoms with Crippen LogP contribution in [0.25, 0.3) is 0 Å². The van der Waals surface area contributed by atoms with Crippen LogP contribution in [0, 0.1) is 6.92 Å². The van der Waals surface area contributed by atoms with Crippen molar-refractivity contribution in [3.8, 4) is 0 Å². The number of amides is 1. The van der Waals surface area contributed by atoms with Crippen LogP contribution in [0.3, 0.4) is 0 Å². The highest BCUT2D eigenvalue weighted by molar-refractivity contribution is 7.90. The zero-order chi connectivity index (χ0) is 19.3. The zero-order valence-corrected chi connectivity index (χ0v) is 15.6. The molecule has 1 heterocycles. The molecule has 1 aromatic heterocycles. The molecule has 1 aromatic carbocycles. The number of aryl methyl sites for hydroxylation is 1. The Hall–Kier alpha value is -2.72. The summed E-state index contributed by atoms with van der Waals surface area (Å²) in [6.45, 7) is 2.43. The standard InChI is InChI=1S/C16H21N5O4S/c1-10-8-11(4-5-13(10)26(3,23)24)20-16-19-9-12(14(17)21-16)15(22)18-6-7-25-2/h4-5,8-9H,6-7H2,1-3H3,(H,18,22)(H3,17,19,20,21). The van der Waals surface area contributed by atoms with Crippen molar-refractivity contribution in [2.24, 2.45) is 0 Å². The summed E-state index contributed by atoms with van der Waals surface area (Å²) in [5.41, 5.74) is 7.19. The minimum atomic E-state index is -3.29. The van der Waals surface area contributed by atoms with E-state index in [-0.39, 0.29) is 28.1 Å². The number of aromatic nitrogens is 2. The second-order valence-corrected chi connectivity index (χ2v) is 7.60. The highest BCUT2D eigenvalue weighted by Crippen LogP contribution is 2.22. The van der Waals surface area contributed by atoms with Crippen molar-refractivity contribution >= 4 is 33.2 Å². The lowest BCUT2D eigenvalue weighted by Gasteiger charge is -2.10. The Labute approximate surface area is 151 Å². The van der Waals surface area contributed by atoms with E-state index in [2.05, 4.69) is 20.6 Å². The molecule has 2 rings (SSSR count). The highest BCUT2D eigenvalue weighted by Gasteiger charge is 2.14. The van der Waals surface area contributed by atoms with Crippen LogP contribution in [-0.4, -0.2) is 50.8 Å². The highest BCUT2D eigenvalue weighted by atomic mass is 32.2. The summed E-state index contributed by atoms with van der Waals surface area (Å²) in [7, 11) is -1.75. The number of carbonyl (C=O) groups is 1. The number of sulfone groups is 1. The largest absolute Gasteiger partial charge is 0.383 e. The molecule has 0 radical (unpaired) electrons. The first kappa shape index (κ1) is 19.6. The molecular formula is C16H21N5O4S. The molecule has 0 aliphatic heterocycles. The number of carbonyl (C=O) groups excluding carboxylic acids is 1. The van der Waals surface area contributed by atoms with Gasteiger partial charge < -0.3 is 21.1 Å². The number of methoxy groups -OCH3 is 1. The number of nitrogen functional groups attached to an aromatic ring is 1. The SMILES string of the molecule is COCCNC(=O)c1cnc(Nc2ccc(S(C)(=O)=O)c(C)c2)nc1N. The average molecular weight is 379 g/mol. The van der Waals surface area contributed by atoms with Gasteiger partial charge in [-0.25, -0.2) is 13.4 Å². The van der Waals surface area contributed by atoms with Crippen LogP contribution in [0.15, 0.2) is 29.3 Å². The predicted molar refractivity (Wildman–Crippen MR) is 98.2 cm³/mol. The second kappa shape index (κ2) is 8.11. The molecule has 140 valence electrons. The van der Waals surface area contributed by atoms with Crippen LogP contribution in [0.2, 0.25) is 0 Å². The predicted octanol–water partition coefficient (Wildman–Crippen LogP) is 0.891. The third-order valence-corrected chi connectivity index (χ3v) is 4.74. The fraction of sp³-hybridized carbons (Fsp3) is 0.312. The Balaban J connectivity index is 2.15. The third kappa shape index (κ3) is 4.90. The van der Waals surface area contributed by atoms with E-state index in [1.54, 1.807) is 19.1 Å². The number of nitrogens with zero attached hydrogens (tertiary/aromatic N) is 2. The molecule has 0 spiro atoms. The Bertz CT molecular complexity index is 915. The number of rotatable bonds is 7. The summed E-state index contributed by atoms with van der Waals surface area (Å²) >= 11 is 0. The van der Waals surface area contributed by atoms with Crippen molar-refractivity contribution in [2.75, 3.05) is 37.6 Å². The molecule has 0 saturated heterocycles. The van der Waals surface area contributed by atoms with Gasteiger partial charge in [0.2, 0.25) is 5.95 Å². The summed E-state index contributed by atoms with van der Waals surface area (Å²) in [6.07, 6.45) is 2.48. The normalized spacial score (nSPS) is 11.2. The van der Waals surface area contributed by atoms with Crippen molar-refractivity contribution < 1.29 is 17.9 Å². The van der Waals surface area contributed by atoms with E-state index in [0.29, 0.717) is 24.4 Å². The molecule has 10 heteroatoms. The summed E-state index contributed by atoms with van der Waals surface area (Å²) in [5, 5.41) is 5.57. The lowest BCUT2D eigenvalue weighted by molar-refractivity contribution is 0.0937. The molecule has 26 heavy (non-hydrogen) atoms. The summed E-state index contributed by atoms with van der Waals surface area (Å²) in [5.74, 6) is -0.163. The minimum absolute atomic E-state index is 0.0295. The van der Waals surface area contributed by atoms with Crippen molar-refractivity contribution in [3.63, 3.8) is 0 Å². The molecule has 0 fully saturated rings. The van der Waals surface area contributed by atoms with Gasteiger partial charge in [-0.15, -0.1) is 0 Å². The number of nitrogens with one attached hydrogen (secondary N) is 2. The molecule has 0 aliphatic carbocycles. The van der Waals surface area contributed by atoms with Crippen LogP contribution in [0.1, 0.15) is 15.9 Å². The number of ether oxygens (including phenoxy) is 1. The van der Waals surface area contributed by atoms with Crippen molar-refractivity contribution in [1.29, 1.82) is 0 Å². The van der Waals surface area contributed by atoms with Crippen molar-refractivity contribution in [3.05, 3.63) is 35.5 Å².